The predicted octanol–water partition coefficient (Wildman–Crippen LogP) is 5.89. The number of thiocarbonyl (C=S) groups is 1. The fourth-order valence-electron chi connectivity index (χ4n) is 4.64. The van der Waals surface area contributed by atoms with Gasteiger partial charge in [-0.3, -0.25) is 9.78 Å². The number of carbonyl (C=O) groups excluding carboxylic acids is 1. The molecule has 1 aliphatic rings. The molecule has 1 amide bonds. The van der Waals surface area contributed by atoms with Gasteiger partial charge in [0.2, 0.25) is 5.91 Å². The smallest absolute Gasteiger partial charge is 0.352 e. The maximum atomic E-state index is 13.4. The Morgan fingerprint density at radius 3 is 2.53 bits per heavy atom. The van der Waals surface area contributed by atoms with Gasteiger partial charge in [0.15, 0.2) is 5.11 Å². The molecule has 6 nitrogen and oxygen atoms in total. The average Bonchev–Trinajstić information content (AvgIpc) is 3.52. The van der Waals surface area contributed by atoms with Crippen molar-refractivity contribution < 1.29 is 18.0 Å². The average molecular weight is 536 g/mol. The standard InChI is InChI=1S/C28H24F3N5OS/c29-28(30,31)19-8-6-11-21(18-19)35-16-7-13-23(35)26-25(22-12-4-5-15-32-22)34-27(38)36(26)17-14-24(37)33-20-9-2-1-3-10-20/h1-13,15-16,18,25-26H,14,17H2,(H,33,37)(H,34,38)/t25-,26-/m1/s1. The number of pyridine rings is 1. The van der Waals surface area contributed by atoms with Gasteiger partial charge in [0.1, 0.15) is 0 Å². The first kappa shape index (κ1) is 25.5. The van der Waals surface area contributed by atoms with Crippen molar-refractivity contribution in [3.63, 3.8) is 0 Å². The molecule has 2 N–H and O–H groups in total. The fourth-order valence-corrected chi connectivity index (χ4v) is 4.97. The number of nitrogens with one attached hydrogen (secondary N) is 2. The lowest BCUT2D eigenvalue weighted by Gasteiger charge is -2.29. The van der Waals surface area contributed by atoms with E-state index in [1.165, 1.54) is 6.07 Å². The van der Waals surface area contributed by atoms with Crippen molar-refractivity contribution >= 4 is 28.9 Å². The lowest BCUT2D eigenvalue weighted by molar-refractivity contribution is -0.137. The second-order valence-corrected chi connectivity index (χ2v) is 9.22. The van der Waals surface area contributed by atoms with E-state index in [2.05, 4.69) is 15.6 Å². The molecule has 0 saturated carbocycles. The monoisotopic (exact) mass is 535 g/mol. The Hall–Kier alpha value is -4.18. The highest BCUT2D eigenvalue weighted by Gasteiger charge is 2.41. The van der Waals surface area contributed by atoms with Gasteiger partial charge in [-0.1, -0.05) is 30.3 Å². The molecular weight excluding hydrogens is 511 g/mol. The van der Waals surface area contributed by atoms with Gasteiger partial charge >= 0.3 is 6.18 Å². The number of para-hydroxylation sites is 1. The van der Waals surface area contributed by atoms with Crippen LogP contribution in [0.5, 0.6) is 0 Å². The molecule has 0 bridgehead atoms. The molecule has 1 saturated heterocycles. The number of amides is 1. The van der Waals surface area contributed by atoms with Crippen molar-refractivity contribution in [2.45, 2.75) is 24.7 Å². The first-order valence-corrected chi connectivity index (χ1v) is 12.4. The molecule has 10 heteroatoms. The van der Waals surface area contributed by atoms with Gasteiger partial charge in [0, 0.05) is 42.4 Å². The highest BCUT2D eigenvalue weighted by molar-refractivity contribution is 7.80. The molecule has 2 atom stereocenters. The molecular formula is C28H24F3N5OS. The zero-order valence-corrected chi connectivity index (χ0v) is 20.9. The van der Waals surface area contributed by atoms with E-state index in [0.29, 0.717) is 23.0 Å². The largest absolute Gasteiger partial charge is 0.416 e. The molecule has 1 aliphatic heterocycles. The topological polar surface area (TPSA) is 62.2 Å². The maximum Gasteiger partial charge on any atom is 0.416 e. The SMILES string of the molecule is O=C(CCN1C(=S)N[C@H](c2ccccn2)[C@H]1c1cccn1-c1cccc(C(F)(F)F)c1)Nc1ccccc1. The minimum absolute atomic E-state index is 0.159. The van der Waals surface area contributed by atoms with E-state index >= 15 is 0 Å². The van der Waals surface area contributed by atoms with Gasteiger partial charge in [0.05, 0.1) is 23.3 Å². The minimum Gasteiger partial charge on any atom is -0.352 e. The first-order chi connectivity index (χ1) is 18.3. The number of benzene rings is 2. The summed E-state index contributed by atoms with van der Waals surface area (Å²) in [5, 5.41) is 6.63. The van der Waals surface area contributed by atoms with Crippen LogP contribution >= 0.6 is 12.2 Å². The van der Waals surface area contributed by atoms with Crippen LogP contribution in [-0.4, -0.2) is 32.0 Å². The number of hydrogen-bond acceptors (Lipinski definition) is 3. The quantitative estimate of drug-likeness (QED) is 0.289. The number of anilines is 1. The van der Waals surface area contributed by atoms with E-state index < -0.39 is 17.8 Å². The van der Waals surface area contributed by atoms with Crippen LogP contribution in [0, 0.1) is 0 Å². The summed E-state index contributed by atoms with van der Waals surface area (Å²) in [5.41, 5.74) is 1.79. The number of rotatable bonds is 7. The summed E-state index contributed by atoms with van der Waals surface area (Å²) in [6, 6.07) is 22.7. The Morgan fingerprint density at radius 2 is 1.79 bits per heavy atom. The Labute approximate surface area is 223 Å². The molecule has 5 rings (SSSR count). The van der Waals surface area contributed by atoms with Crippen LogP contribution in [0.4, 0.5) is 18.9 Å². The van der Waals surface area contributed by atoms with Crippen LogP contribution in [0.15, 0.2) is 97.3 Å². The summed E-state index contributed by atoms with van der Waals surface area (Å²) in [6.07, 6.45) is -0.901. The van der Waals surface area contributed by atoms with Crippen molar-refractivity contribution in [1.29, 1.82) is 0 Å². The van der Waals surface area contributed by atoms with Crippen molar-refractivity contribution in [3.05, 3.63) is 114 Å². The summed E-state index contributed by atoms with van der Waals surface area (Å²) >= 11 is 5.68. The fraction of sp³-hybridized carbons (Fsp3) is 0.179. The zero-order chi connectivity index (χ0) is 26.7. The summed E-state index contributed by atoms with van der Waals surface area (Å²) in [4.78, 5) is 19.1. The Morgan fingerprint density at radius 1 is 1.00 bits per heavy atom. The highest BCUT2D eigenvalue weighted by atomic mass is 32.1. The van der Waals surface area contributed by atoms with Crippen molar-refractivity contribution in [1.82, 2.24) is 19.8 Å². The summed E-state index contributed by atoms with van der Waals surface area (Å²) in [7, 11) is 0. The normalized spacial score (nSPS) is 17.3. The van der Waals surface area contributed by atoms with Crippen LogP contribution in [0.2, 0.25) is 0 Å². The van der Waals surface area contributed by atoms with E-state index in [4.69, 9.17) is 12.2 Å². The molecule has 4 aromatic rings. The molecule has 0 radical (unpaired) electrons. The number of halogens is 3. The Balaban J connectivity index is 1.47. The van der Waals surface area contributed by atoms with E-state index in [0.717, 1.165) is 23.5 Å². The molecule has 0 spiro atoms. The predicted molar refractivity (Wildman–Crippen MR) is 143 cm³/mol. The third kappa shape index (κ3) is 5.40. The number of carbonyl (C=O) groups is 1. The lowest BCUT2D eigenvalue weighted by atomic mass is 10.0. The van der Waals surface area contributed by atoms with Gasteiger partial charge in [-0.25, -0.2) is 0 Å². The van der Waals surface area contributed by atoms with Gasteiger partial charge in [-0.05, 0) is 66.8 Å². The zero-order valence-electron chi connectivity index (χ0n) is 20.1. The Bertz CT molecular complexity index is 1430. The first-order valence-electron chi connectivity index (χ1n) is 12.0. The van der Waals surface area contributed by atoms with E-state index in [-0.39, 0.29) is 18.4 Å². The molecule has 2 aromatic heterocycles. The Kier molecular flexibility index (Phi) is 7.15. The van der Waals surface area contributed by atoms with E-state index in [9.17, 15) is 18.0 Å². The second kappa shape index (κ2) is 10.7. The summed E-state index contributed by atoms with van der Waals surface area (Å²) in [5.74, 6) is -0.174. The summed E-state index contributed by atoms with van der Waals surface area (Å²) in [6.45, 7) is 0.298. The molecule has 1 fully saturated rings. The van der Waals surface area contributed by atoms with E-state index in [1.54, 1.807) is 29.1 Å². The maximum absolute atomic E-state index is 13.4. The van der Waals surface area contributed by atoms with Crippen LogP contribution in [0.25, 0.3) is 5.69 Å². The molecule has 38 heavy (non-hydrogen) atoms. The second-order valence-electron chi connectivity index (χ2n) is 8.84. The van der Waals surface area contributed by atoms with Crippen LogP contribution < -0.4 is 10.6 Å². The summed E-state index contributed by atoms with van der Waals surface area (Å²) < 4.78 is 42.1. The van der Waals surface area contributed by atoms with Gasteiger partial charge in [-0.2, -0.15) is 13.2 Å². The number of alkyl halides is 3. The lowest BCUT2D eigenvalue weighted by Crippen LogP contribution is -2.33. The number of nitrogens with zero attached hydrogens (tertiary/aromatic N) is 3. The molecule has 194 valence electrons. The van der Waals surface area contributed by atoms with Crippen LogP contribution in [0.3, 0.4) is 0 Å². The third-order valence-electron chi connectivity index (χ3n) is 6.37. The molecule has 3 heterocycles. The van der Waals surface area contributed by atoms with Crippen molar-refractivity contribution in [2.75, 3.05) is 11.9 Å². The van der Waals surface area contributed by atoms with Crippen LogP contribution in [-0.2, 0) is 11.0 Å². The van der Waals surface area contributed by atoms with Gasteiger partial charge in [-0.15, -0.1) is 0 Å². The van der Waals surface area contributed by atoms with Crippen LogP contribution in [0.1, 0.15) is 35.5 Å². The van der Waals surface area contributed by atoms with Crippen molar-refractivity contribution in [3.8, 4) is 5.69 Å². The molecule has 0 aliphatic carbocycles. The molecule has 0 unspecified atom stereocenters. The van der Waals surface area contributed by atoms with Crippen molar-refractivity contribution in [2.24, 2.45) is 0 Å². The minimum atomic E-state index is -4.46. The highest BCUT2D eigenvalue weighted by Crippen LogP contribution is 2.40. The van der Waals surface area contributed by atoms with Gasteiger partial charge in [0.25, 0.3) is 0 Å². The van der Waals surface area contributed by atoms with E-state index in [1.807, 2.05) is 59.5 Å². The van der Waals surface area contributed by atoms with Gasteiger partial charge < -0.3 is 20.1 Å². The molecule has 2 aromatic carbocycles. The number of hydrogen-bond donors (Lipinski definition) is 2. The number of aromatic nitrogens is 2. The third-order valence-corrected chi connectivity index (χ3v) is 6.72.